The van der Waals surface area contributed by atoms with Gasteiger partial charge in [0.1, 0.15) is 42.6 Å². The minimum atomic E-state index is 0.0718. The monoisotopic (exact) mass is 389 g/mol. The van der Waals surface area contributed by atoms with Gasteiger partial charge in [0.25, 0.3) is 0 Å². The number of fused-ring (bicyclic) bond motifs is 1. The summed E-state index contributed by atoms with van der Waals surface area (Å²) in [4.78, 5) is 9.16. The normalized spacial score (nSPS) is 21.4. The number of hydrogen-bond donors (Lipinski definition) is 3. The molecule has 0 unspecified atom stereocenters. The molecule has 3 N–H and O–H groups in total. The number of quaternary nitrogens is 2. The molecule has 1 aliphatic rings. The lowest BCUT2D eigenvalue weighted by Gasteiger charge is -2.33. The van der Waals surface area contributed by atoms with Crippen LogP contribution in [-0.2, 0) is 0 Å². The van der Waals surface area contributed by atoms with E-state index < -0.39 is 0 Å². The Morgan fingerprint density at radius 2 is 1.93 bits per heavy atom. The third kappa shape index (κ3) is 3.52. The highest BCUT2D eigenvalue weighted by atomic mass is 32.1. The predicted molar refractivity (Wildman–Crippen MR) is 104 cm³/mol. The maximum atomic E-state index is 10.9. The zero-order valence-electron chi connectivity index (χ0n) is 16.0. The van der Waals surface area contributed by atoms with Crippen LogP contribution in [0.3, 0.4) is 0 Å². The van der Waals surface area contributed by atoms with Crippen molar-refractivity contribution in [2.75, 3.05) is 39.8 Å². The molecule has 0 bridgehead atoms. The molecule has 27 heavy (non-hydrogen) atoms. The Kier molecular flexibility index (Phi) is 5.03. The number of nitrogens with one attached hydrogen (secondary N) is 2. The average Bonchev–Trinajstić information content (AvgIpc) is 3.16. The molecule has 0 radical (unpaired) electrons. The van der Waals surface area contributed by atoms with E-state index in [2.05, 4.69) is 29.3 Å². The molecule has 1 atom stereocenters. The van der Waals surface area contributed by atoms with Gasteiger partial charge in [-0.3, -0.25) is 0 Å². The van der Waals surface area contributed by atoms with Crippen molar-refractivity contribution in [2.45, 2.75) is 19.9 Å². The topological polar surface area (TPSA) is 68.5 Å². The van der Waals surface area contributed by atoms with Crippen LogP contribution in [0.25, 0.3) is 4.96 Å². The second kappa shape index (κ2) is 7.46. The summed E-state index contributed by atoms with van der Waals surface area (Å²) in [6.45, 7) is 8.88. The van der Waals surface area contributed by atoms with Gasteiger partial charge in [-0.2, -0.15) is 4.52 Å². The number of hydrogen-bond acceptors (Lipinski definition) is 5. The van der Waals surface area contributed by atoms with Crippen LogP contribution in [0.5, 0.6) is 11.6 Å². The quantitative estimate of drug-likeness (QED) is 0.561. The molecule has 144 valence electrons. The van der Waals surface area contributed by atoms with Gasteiger partial charge in [0.2, 0.25) is 10.8 Å². The molecule has 4 rings (SSSR count). The highest BCUT2D eigenvalue weighted by Crippen LogP contribution is 2.35. The van der Waals surface area contributed by atoms with Crippen LogP contribution >= 0.6 is 11.3 Å². The molecule has 0 aliphatic carbocycles. The fraction of sp³-hybridized carbons (Fsp3) is 0.474. The Labute approximate surface area is 162 Å². The average molecular weight is 390 g/mol. The number of rotatable bonds is 5. The standard InChI is InChI=1S/C19H25N5O2S/c1-4-26-15-7-5-14(6-8-15)16(23-11-9-22(3)10-12-23)17-18(25)24-19(27-17)20-13(2)21-24/h5-8,16,25H,4,9-12H2,1-3H3/p+2/t16-/m1/s1. The molecule has 0 amide bonds. The van der Waals surface area contributed by atoms with Crippen molar-refractivity contribution in [1.82, 2.24) is 14.6 Å². The summed E-state index contributed by atoms with van der Waals surface area (Å²) in [5, 5.41) is 15.2. The molecular weight excluding hydrogens is 362 g/mol. The summed E-state index contributed by atoms with van der Waals surface area (Å²) in [5.41, 5.74) is 1.18. The van der Waals surface area contributed by atoms with E-state index in [1.165, 1.54) is 21.8 Å². The van der Waals surface area contributed by atoms with E-state index in [1.807, 2.05) is 26.0 Å². The molecule has 1 aromatic carbocycles. The Morgan fingerprint density at radius 3 is 2.56 bits per heavy atom. The predicted octanol–water partition coefficient (Wildman–Crippen LogP) is -0.294. The van der Waals surface area contributed by atoms with E-state index in [0.717, 1.165) is 41.8 Å². The molecule has 2 aromatic heterocycles. The van der Waals surface area contributed by atoms with Crippen molar-refractivity contribution in [3.05, 3.63) is 40.5 Å². The lowest BCUT2D eigenvalue weighted by Crippen LogP contribution is -3.27. The number of piperazine rings is 1. The van der Waals surface area contributed by atoms with Crippen LogP contribution in [0, 0.1) is 6.92 Å². The van der Waals surface area contributed by atoms with Crippen LogP contribution in [0.2, 0.25) is 0 Å². The molecular formula is C19H27N5O2S+2. The number of likely N-dealkylation sites (N-methyl/N-ethyl adjacent to an activating group) is 1. The first kappa shape index (κ1) is 18.2. The number of aromatic nitrogens is 3. The molecule has 0 spiro atoms. The zero-order valence-corrected chi connectivity index (χ0v) is 16.8. The molecule has 8 heteroatoms. The van der Waals surface area contributed by atoms with Gasteiger partial charge in [-0.1, -0.05) is 11.3 Å². The van der Waals surface area contributed by atoms with Crippen LogP contribution in [0.4, 0.5) is 0 Å². The van der Waals surface area contributed by atoms with Crippen molar-refractivity contribution in [2.24, 2.45) is 0 Å². The lowest BCUT2D eigenvalue weighted by molar-refractivity contribution is -1.02. The van der Waals surface area contributed by atoms with Gasteiger partial charge in [-0.25, -0.2) is 4.98 Å². The Bertz CT molecular complexity index is 912. The largest absolute Gasteiger partial charge is 0.494 e. The van der Waals surface area contributed by atoms with Crippen molar-refractivity contribution in [3.63, 3.8) is 0 Å². The van der Waals surface area contributed by atoms with Gasteiger partial charge in [0.15, 0.2) is 6.04 Å². The number of aromatic hydroxyl groups is 1. The Morgan fingerprint density at radius 1 is 1.22 bits per heavy atom. The van der Waals surface area contributed by atoms with E-state index in [-0.39, 0.29) is 11.9 Å². The number of benzene rings is 1. The van der Waals surface area contributed by atoms with Crippen LogP contribution < -0.4 is 14.5 Å². The second-order valence-electron chi connectivity index (χ2n) is 7.19. The molecule has 1 aliphatic heterocycles. The minimum Gasteiger partial charge on any atom is -0.494 e. The Hall–Kier alpha value is -2.16. The van der Waals surface area contributed by atoms with Crippen molar-refractivity contribution in [3.8, 4) is 11.6 Å². The number of thiazole rings is 1. The summed E-state index contributed by atoms with van der Waals surface area (Å²) in [6.07, 6.45) is 0. The van der Waals surface area contributed by atoms with E-state index in [1.54, 1.807) is 9.42 Å². The number of nitrogens with zero attached hydrogens (tertiary/aromatic N) is 3. The SMILES string of the molecule is CCOc1ccc([C@H](c2sc3nc(C)nn3c2O)[NH+]2CC[NH+](C)CC2)cc1. The van der Waals surface area contributed by atoms with Crippen LogP contribution in [0.15, 0.2) is 24.3 Å². The summed E-state index contributed by atoms with van der Waals surface area (Å²) in [6, 6.07) is 8.35. The van der Waals surface area contributed by atoms with E-state index in [9.17, 15) is 5.11 Å². The highest BCUT2D eigenvalue weighted by Gasteiger charge is 2.35. The summed E-state index contributed by atoms with van der Waals surface area (Å²) in [7, 11) is 2.24. The summed E-state index contributed by atoms with van der Waals surface area (Å²) < 4.78 is 7.16. The minimum absolute atomic E-state index is 0.0718. The fourth-order valence-electron chi connectivity index (χ4n) is 3.82. The highest BCUT2D eigenvalue weighted by molar-refractivity contribution is 7.17. The number of aryl methyl sites for hydroxylation is 1. The lowest BCUT2D eigenvalue weighted by atomic mass is 10.0. The first-order valence-corrected chi connectivity index (χ1v) is 10.3. The summed E-state index contributed by atoms with van der Waals surface area (Å²) >= 11 is 1.54. The van der Waals surface area contributed by atoms with E-state index >= 15 is 0 Å². The van der Waals surface area contributed by atoms with Gasteiger partial charge < -0.3 is 19.6 Å². The van der Waals surface area contributed by atoms with Crippen molar-refractivity contribution >= 4 is 16.3 Å². The van der Waals surface area contributed by atoms with Gasteiger partial charge in [-0.15, -0.1) is 5.10 Å². The summed E-state index contributed by atoms with van der Waals surface area (Å²) in [5.74, 6) is 1.77. The fourth-order valence-corrected chi connectivity index (χ4v) is 5.00. The molecule has 7 nitrogen and oxygen atoms in total. The van der Waals surface area contributed by atoms with Gasteiger partial charge in [-0.05, 0) is 38.1 Å². The van der Waals surface area contributed by atoms with Crippen LogP contribution in [-0.4, -0.2) is 59.5 Å². The van der Waals surface area contributed by atoms with Crippen molar-refractivity contribution < 1.29 is 19.6 Å². The molecule has 3 heterocycles. The third-order valence-electron chi connectivity index (χ3n) is 5.25. The Balaban J connectivity index is 1.74. The van der Waals surface area contributed by atoms with E-state index in [0.29, 0.717) is 12.4 Å². The maximum absolute atomic E-state index is 10.9. The molecule has 0 saturated carbocycles. The van der Waals surface area contributed by atoms with Gasteiger partial charge in [0.05, 0.1) is 13.7 Å². The van der Waals surface area contributed by atoms with Gasteiger partial charge >= 0.3 is 0 Å². The second-order valence-corrected chi connectivity index (χ2v) is 8.20. The maximum Gasteiger partial charge on any atom is 0.235 e. The van der Waals surface area contributed by atoms with Gasteiger partial charge in [0, 0.05) is 5.56 Å². The first-order chi connectivity index (χ1) is 13.1. The van der Waals surface area contributed by atoms with Crippen LogP contribution in [0.1, 0.15) is 29.2 Å². The van der Waals surface area contributed by atoms with E-state index in [4.69, 9.17) is 4.74 Å². The smallest absolute Gasteiger partial charge is 0.235 e. The molecule has 3 aromatic rings. The molecule has 1 fully saturated rings. The molecule has 1 saturated heterocycles. The third-order valence-corrected chi connectivity index (χ3v) is 6.33. The first-order valence-electron chi connectivity index (χ1n) is 9.50. The van der Waals surface area contributed by atoms with Crippen molar-refractivity contribution in [1.29, 1.82) is 0 Å². The zero-order chi connectivity index (χ0) is 19.0. The number of ether oxygens (including phenoxy) is 1.